The van der Waals surface area contributed by atoms with E-state index in [0.29, 0.717) is 0 Å². The normalized spacial score (nSPS) is 10.5. The molecular weight excluding hydrogens is 170 g/mol. The fourth-order valence-corrected chi connectivity index (χ4v) is 1.73. The zero-order chi connectivity index (χ0) is 8.81. The van der Waals surface area contributed by atoms with Crippen molar-refractivity contribution < 1.29 is 0 Å². The van der Waals surface area contributed by atoms with Crippen molar-refractivity contribution in [3.8, 4) is 0 Å². The minimum absolute atomic E-state index is 1.05. The highest BCUT2D eigenvalue weighted by Crippen LogP contribution is 2.09. The second-order valence-electron chi connectivity index (χ2n) is 2.67. The molecule has 0 radical (unpaired) electrons. The van der Waals surface area contributed by atoms with Gasteiger partial charge in [-0.1, -0.05) is 6.92 Å². The first kappa shape index (κ1) is 9.61. The molecule has 0 aliphatic rings. The van der Waals surface area contributed by atoms with Crippen LogP contribution in [-0.2, 0) is 6.42 Å². The Balaban J connectivity index is 2.15. The maximum Gasteiger partial charge on any atom is 0.117 e. The molecule has 0 aromatic carbocycles. The van der Waals surface area contributed by atoms with E-state index >= 15 is 0 Å². The summed E-state index contributed by atoms with van der Waals surface area (Å²) in [4.78, 5) is 0. The first-order valence-corrected chi connectivity index (χ1v) is 5.14. The number of rotatable bonds is 5. The van der Waals surface area contributed by atoms with Gasteiger partial charge in [0.2, 0.25) is 0 Å². The minimum atomic E-state index is 1.05. The predicted molar refractivity (Wildman–Crippen MR) is 51.5 cm³/mol. The molecule has 0 aliphatic heterocycles. The Labute approximate surface area is 77.2 Å². The van der Waals surface area contributed by atoms with Crippen molar-refractivity contribution in [3.63, 3.8) is 0 Å². The van der Waals surface area contributed by atoms with E-state index in [2.05, 4.69) is 22.4 Å². The molecule has 0 atom stereocenters. The van der Waals surface area contributed by atoms with Crippen LogP contribution in [-0.4, -0.2) is 23.3 Å². The second-order valence-corrected chi connectivity index (χ2v) is 3.94. The molecule has 0 bridgehead atoms. The van der Waals surface area contributed by atoms with Crippen molar-refractivity contribution in [2.45, 2.75) is 26.7 Å². The molecule has 1 aromatic rings. The minimum Gasteiger partial charge on any atom is -0.317 e. The van der Waals surface area contributed by atoms with Gasteiger partial charge in [0, 0.05) is 6.42 Å². The number of hydrogen-bond acceptors (Lipinski definition) is 4. The summed E-state index contributed by atoms with van der Waals surface area (Å²) in [6.45, 7) is 6.24. The van der Waals surface area contributed by atoms with E-state index in [4.69, 9.17) is 0 Å². The van der Waals surface area contributed by atoms with Crippen molar-refractivity contribution in [2.75, 3.05) is 13.1 Å². The van der Waals surface area contributed by atoms with Crippen LogP contribution in [0.4, 0.5) is 0 Å². The van der Waals surface area contributed by atoms with Gasteiger partial charge in [0.15, 0.2) is 0 Å². The first-order valence-electron chi connectivity index (χ1n) is 4.32. The molecule has 3 nitrogen and oxygen atoms in total. The number of aryl methyl sites for hydroxylation is 2. The van der Waals surface area contributed by atoms with Crippen LogP contribution < -0.4 is 5.32 Å². The topological polar surface area (TPSA) is 37.8 Å². The Hall–Kier alpha value is -0.480. The third kappa shape index (κ3) is 3.28. The van der Waals surface area contributed by atoms with Crippen LogP contribution in [0.1, 0.15) is 23.4 Å². The van der Waals surface area contributed by atoms with Crippen LogP contribution >= 0.6 is 11.3 Å². The summed E-state index contributed by atoms with van der Waals surface area (Å²) in [7, 11) is 0. The van der Waals surface area contributed by atoms with Gasteiger partial charge in [-0.25, -0.2) is 0 Å². The van der Waals surface area contributed by atoms with Crippen molar-refractivity contribution >= 4 is 11.3 Å². The van der Waals surface area contributed by atoms with E-state index in [9.17, 15) is 0 Å². The second kappa shape index (κ2) is 5.22. The molecule has 12 heavy (non-hydrogen) atoms. The summed E-state index contributed by atoms with van der Waals surface area (Å²) in [6.07, 6.45) is 2.21. The summed E-state index contributed by atoms with van der Waals surface area (Å²) in [6, 6.07) is 0. The van der Waals surface area contributed by atoms with E-state index in [-0.39, 0.29) is 0 Å². The van der Waals surface area contributed by atoms with Gasteiger partial charge in [0.05, 0.1) is 0 Å². The highest BCUT2D eigenvalue weighted by Gasteiger charge is 1.98. The van der Waals surface area contributed by atoms with Gasteiger partial charge < -0.3 is 5.32 Å². The van der Waals surface area contributed by atoms with Gasteiger partial charge >= 0.3 is 0 Å². The van der Waals surface area contributed by atoms with Gasteiger partial charge in [0.25, 0.3) is 0 Å². The zero-order valence-corrected chi connectivity index (χ0v) is 8.45. The molecule has 0 spiro atoms. The third-order valence-electron chi connectivity index (χ3n) is 1.56. The van der Waals surface area contributed by atoms with Crippen LogP contribution in [0.5, 0.6) is 0 Å². The van der Waals surface area contributed by atoms with Crippen LogP contribution in [0, 0.1) is 6.92 Å². The molecule has 0 aliphatic carbocycles. The number of hydrogen-bond donors (Lipinski definition) is 1. The largest absolute Gasteiger partial charge is 0.317 e. The van der Waals surface area contributed by atoms with Crippen LogP contribution in [0.2, 0.25) is 0 Å². The van der Waals surface area contributed by atoms with E-state index < -0.39 is 0 Å². The summed E-state index contributed by atoms with van der Waals surface area (Å²) >= 11 is 1.70. The molecule has 0 amide bonds. The Kier molecular flexibility index (Phi) is 4.18. The first-order chi connectivity index (χ1) is 5.83. The Bertz CT molecular complexity index is 222. The highest BCUT2D eigenvalue weighted by atomic mass is 32.1. The van der Waals surface area contributed by atoms with E-state index in [1.165, 1.54) is 0 Å². The summed E-state index contributed by atoms with van der Waals surface area (Å²) in [5.74, 6) is 0. The van der Waals surface area contributed by atoms with Crippen molar-refractivity contribution in [2.24, 2.45) is 0 Å². The zero-order valence-electron chi connectivity index (χ0n) is 7.63. The average molecular weight is 185 g/mol. The fraction of sp³-hybridized carbons (Fsp3) is 0.750. The monoisotopic (exact) mass is 185 g/mol. The average Bonchev–Trinajstić information content (AvgIpc) is 2.45. The van der Waals surface area contributed by atoms with E-state index in [1.54, 1.807) is 11.3 Å². The molecule has 4 heteroatoms. The number of nitrogens with one attached hydrogen (secondary N) is 1. The lowest BCUT2D eigenvalue weighted by Crippen LogP contribution is -2.14. The Morgan fingerprint density at radius 2 is 2.25 bits per heavy atom. The van der Waals surface area contributed by atoms with E-state index in [0.717, 1.165) is 35.9 Å². The van der Waals surface area contributed by atoms with E-state index in [1.807, 2.05) is 6.92 Å². The maximum atomic E-state index is 4.05. The molecule has 0 saturated carbocycles. The van der Waals surface area contributed by atoms with Crippen molar-refractivity contribution in [3.05, 3.63) is 10.0 Å². The van der Waals surface area contributed by atoms with Gasteiger partial charge in [-0.2, -0.15) is 0 Å². The standard InChI is InChI=1S/C8H15N3S/c1-3-9-6-4-5-8-11-10-7(2)12-8/h9H,3-6H2,1-2H3. The molecule has 1 heterocycles. The quantitative estimate of drug-likeness (QED) is 0.704. The van der Waals surface area contributed by atoms with Crippen LogP contribution in [0.25, 0.3) is 0 Å². The van der Waals surface area contributed by atoms with Crippen LogP contribution in [0.15, 0.2) is 0 Å². The summed E-state index contributed by atoms with van der Waals surface area (Å²) in [5, 5.41) is 13.5. The lowest BCUT2D eigenvalue weighted by Gasteiger charge is -1.97. The number of nitrogens with zero attached hydrogens (tertiary/aromatic N) is 2. The molecule has 68 valence electrons. The molecule has 0 unspecified atom stereocenters. The SMILES string of the molecule is CCNCCCc1nnc(C)s1. The number of aromatic nitrogens is 2. The Morgan fingerprint density at radius 1 is 1.42 bits per heavy atom. The maximum absolute atomic E-state index is 4.05. The van der Waals surface area contributed by atoms with Gasteiger partial charge in [-0.15, -0.1) is 21.5 Å². The third-order valence-corrected chi connectivity index (χ3v) is 2.46. The molecule has 1 rings (SSSR count). The van der Waals surface area contributed by atoms with Crippen LogP contribution in [0.3, 0.4) is 0 Å². The predicted octanol–water partition coefficient (Wildman–Crippen LogP) is 1.39. The lowest BCUT2D eigenvalue weighted by molar-refractivity contribution is 0.669. The Morgan fingerprint density at radius 3 is 2.83 bits per heavy atom. The highest BCUT2D eigenvalue weighted by molar-refractivity contribution is 7.11. The summed E-state index contributed by atoms with van der Waals surface area (Å²) < 4.78 is 0. The smallest absolute Gasteiger partial charge is 0.117 e. The van der Waals surface area contributed by atoms with Gasteiger partial charge in [0.1, 0.15) is 10.0 Å². The molecule has 0 fully saturated rings. The van der Waals surface area contributed by atoms with Gasteiger partial charge in [-0.3, -0.25) is 0 Å². The summed E-state index contributed by atoms with van der Waals surface area (Å²) in [5.41, 5.74) is 0. The molecule has 0 saturated heterocycles. The molecule has 1 N–H and O–H groups in total. The van der Waals surface area contributed by atoms with Crippen molar-refractivity contribution in [1.82, 2.24) is 15.5 Å². The molecular formula is C8H15N3S. The molecule has 1 aromatic heterocycles. The van der Waals surface area contributed by atoms with Crippen molar-refractivity contribution in [1.29, 1.82) is 0 Å². The van der Waals surface area contributed by atoms with Gasteiger partial charge in [-0.05, 0) is 26.4 Å². The lowest BCUT2D eigenvalue weighted by atomic mass is 10.3. The fourth-order valence-electron chi connectivity index (χ4n) is 0.980.